The highest BCUT2D eigenvalue weighted by atomic mass is 32.1. The van der Waals surface area contributed by atoms with Crippen LogP contribution in [0.25, 0.3) is 107 Å². The molecule has 0 N–H and O–H groups in total. The van der Waals surface area contributed by atoms with Crippen molar-refractivity contribution in [3.8, 4) is 22.3 Å². The van der Waals surface area contributed by atoms with E-state index in [1.165, 1.54) is 96.3 Å². The zero-order chi connectivity index (χ0) is 31.3. The summed E-state index contributed by atoms with van der Waals surface area (Å²) < 4.78 is 9.45. The van der Waals surface area contributed by atoms with E-state index in [0.717, 1.165) is 11.2 Å². The van der Waals surface area contributed by atoms with Crippen molar-refractivity contribution in [2.45, 2.75) is 0 Å². The van der Waals surface area contributed by atoms with E-state index < -0.39 is 0 Å². The van der Waals surface area contributed by atoms with Crippen LogP contribution in [0.15, 0.2) is 162 Å². The van der Waals surface area contributed by atoms with E-state index in [1.54, 1.807) is 0 Å². The molecule has 222 valence electrons. The van der Waals surface area contributed by atoms with Gasteiger partial charge in [0.25, 0.3) is 0 Å². The minimum atomic E-state index is 0.929. The van der Waals surface area contributed by atoms with Crippen molar-refractivity contribution in [3.05, 3.63) is 158 Å². The van der Waals surface area contributed by atoms with Crippen LogP contribution < -0.4 is 0 Å². The molecular formula is C46H26OS. The molecule has 0 aliphatic rings. The van der Waals surface area contributed by atoms with Crippen molar-refractivity contribution in [3.63, 3.8) is 0 Å². The summed E-state index contributed by atoms with van der Waals surface area (Å²) in [5, 5.41) is 15.0. The first-order valence-electron chi connectivity index (χ1n) is 16.4. The van der Waals surface area contributed by atoms with Crippen LogP contribution in [0.4, 0.5) is 0 Å². The lowest BCUT2D eigenvalue weighted by Crippen LogP contribution is -1.85. The summed E-state index contributed by atoms with van der Waals surface area (Å²) in [7, 11) is 0. The van der Waals surface area contributed by atoms with E-state index in [4.69, 9.17) is 4.42 Å². The van der Waals surface area contributed by atoms with Gasteiger partial charge in [0.1, 0.15) is 5.58 Å². The minimum absolute atomic E-state index is 0.929. The fraction of sp³-hybridized carbons (Fsp3) is 0. The Morgan fingerprint density at radius 1 is 0.354 bits per heavy atom. The molecule has 0 atom stereocenters. The molecule has 2 heterocycles. The molecule has 0 aliphatic heterocycles. The fourth-order valence-corrected chi connectivity index (χ4v) is 9.40. The van der Waals surface area contributed by atoms with E-state index in [9.17, 15) is 0 Å². The number of rotatable bonds is 2. The largest absolute Gasteiger partial charge is 0.455 e. The summed E-state index contributed by atoms with van der Waals surface area (Å²) in [6.45, 7) is 0. The summed E-state index contributed by atoms with van der Waals surface area (Å²) in [6.07, 6.45) is 0. The standard InChI is InChI=1S/C46H26OS/c1-3-15-29-27(11-1)13-9-21-31(29)39-25-41-43(35-19-7-5-17-33(35)39)37-23-24-38-44-36-20-8-6-18-34(36)40(26-42(44)48-46(38)45(37)47-41)32-22-10-14-28-12-2-4-16-30(28)32/h1-26H. The average molecular weight is 627 g/mol. The van der Waals surface area contributed by atoms with Crippen LogP contribution in [-0.2, 0) is 0 Å². The van der Waals surface area contributed by atoms with Gasteiger partial charge in [0.15, 0.2) is 5.58 Å². The molecule has 11 aromatic rings. The predicted octanol–water partition coefficient (Wildman–Crippen LogP) is 13.9. The Morgan fingerprint density at radius 2 is 0.854 bits per heavy atom. The van der Waals surface area contributed by atoms with E-state index >= 15 is 0 Å². The van der Waals surface area contributed by atoms with Gasteiger partial charge < -0.3 is 4.42 Å². The summed E-state index contributed by atoms with van der Waals surface area (Å²) in [4.78, 5) is 0. The zero-order valence-electron chi connectivity index (χ0n) is 25.8. The van der Waals surface area contributed by atoms with Crippen LogP contribution in [0, 0.1) is 0 Å². The summed E-state index contributed by atoms with van der Waals surface area (Å²) >= 11 is 1.85. The molecule has 48 heavy (non-hydrogen) atoms. The van der Waals surface area contributed by atoms with Crippen LogP contribution in [0.5, 0.6) is 0 Å². The van der Waals surface area contributed by atoms with Gasteiger partial charge in [0, 0.05) is 26.2 Å². The van der Waals surface area contributed by atoms with Gasteiger partial charge in [-0.25, -0.2) is 0 Å². The Balaban J connectivity index is 1.24. The molecule has 2 heteroatoms. The molecule has 0 radical (unpaired) electrons. The molecule has 11 rings (SSSR count). The first kappa shape index (κ1) is 26.1. The molecule has 0 bridgehead atoms. The van der Waals surface area contributed by atoms with Crippen LogP contribution >= 0.6 is 11.3 Å². The second-order valence-electron chi connectivity index (χ2n) is 12.8. The number of fused-ring (bicyclic) bond motifs is 13. The average Bonchev–Trinajstić information content (AvgIpc) is 3.72. The van der Waals surface area contributed by atoms with Gasteiger partial charge in [-0.05, 0) is 83.5 Å². The summed E-state index contributed by atoms with van der Waals surface area (Å²) in [6, 6.07) is 57.5. The van der Waals surface area contributed by atoms with Crippen LogP contribution in [0.3, 0.4) is 0 Å². The third-order valence-electron chi connectivity index (χ3n) is 10.3. The first-order chi connectivity index (χ1) is 23.8. The van der Waals surface area contributed by atoms with Gasteiger partial charge in [0.05, 0.1) is 4.70 Å². The normalized spacial score (nSPS) is 12.2. The second kappa shape index (κ2) is 9.78. The highest BCUT2D eigenvalue weighted by Gasteiger charge is 2.21. The van der Waals surface area contributed by atoms with E-state index in [2.05, 4.69) is 158 Å². The Morgan fingerprint density at radius 3 is 1.50 bits per heavy atom. The first-order valence-corrected chi connectivity index (χ1v) is 17.2. The van der Waals surface area contributed by atoms with Gasteiger partial charge in [-0.3, -0.25) is 0 Å². The van der Waals surface area contributed by atoms with Gasteiger partial charge in [0.2, 0.25) is 0 Å². The highest BCUT2D eigenvalue weighted by molar-refractivity contribution is 7.26. The highest BCUT2D eigenvalue weighted by Crippen LogP contribution is 2.49. The lowest BCUT2D eigenvalue weighted by molar-refractivity contribution is 0.673. The fourth-order valence-electron chi connectivity index (χ4n) is 8.16. The third kappa shape index (κ3) is 3.55. The van der Waals surface area contributed by atoms with Crippen molar-refractivity contribution in [1.82, 2.24) is 0 Å². The number of thiophene rings is 1. The van der Waals surface area contributed by atoms with Crippen molar-refractivity contribution in [2.24, 2.45) is 0 Å². The molecule has 0 amide bonds. The SMILES string of the molecule is c1ccc2c(-c3cc4oc5c(ccc6c5sc5cc(-c7cccc8ccccc78)c7ccccc7c56)c4c4ccccc34)cccc2c1. The molecule has 0 saturated carbocycles. The quantitative estimate of drug-likeness (QED) is 0.186. The molecular weight excluding hydrogens is 601 g/mol. The Labute approximate surface area is 279 Å². The third-order valence-corrected chi connectivity index (χ3v) is 11.4. The molecule has 0 aliphatic carbocycles. The second-order valence-corrected chi connectivity index (χ2v) is 13.8. The lowest BCUT2D eigenvalue weighted by atomic mass is 9.91. The molecule has 1 nitrogen and oxygen atoms in total. The van der Waals surface area contributed by atoms with Crippen LogP contribution in [0.2, 0.25) is 0 Å². The molecule has 9 aromatic carbocycles. The van der Waals surface area contributed by atoms with Crippen molar-refractivity contribution in [1.29, 1.82) is 0 Å². The topological polar surface area (TPSA) is 13.1 Å². The molecule has 2 aromatic heterocycles. The molecule has 0 saturated heterocycles. The maximum absolute atomic E-state index is 6.97. The van der Waals surface area contributed by atoms with Crippen LogP contribution in [0.1, 0.15) is 0 Å². The van der Waals surface area contributed by atoms with E-state index in [-0.39, 0.29) is 0 Å². The predicted molar refractivity (Wildman–Crippen MR) is 208 cm³/mol. The van der Waals surface area contributed by atoms with Crippen LogP contribution in [-0.4, -0.2) is 0 Å². The number of furan rings is 1. The summed E-state index contributed by atoms with van der Waals surface area (Å²) in [5.74, 6) is 0. The van der Waals surface area contributed by atoms with E-state index in [1.807, 2.05) is 11.3 Å². The monoisotopic (exact) mass is 626 g/mol. The maximum Gasteiger partial charge on any atom is 0.153 e. The smallest absolute Gasteiger partial charge is 0.153 e. The van der Waals surface area contributed by atoms with Gasteiger partial charge in [-0.2, -0.15) is 0 Å². The lowest BCUT2D eigenvalue weighted by Gasteiger charge is -2.12. The minimum Gasteiger partial charge on any atom is -0.455 e. The number of benzene rings is 9. The molecule has 0 spiro atoms. The zero-order valence-corrected chi connectivity index (χ0v) is 26.6. The van der Waals surface area contributed by atoms with Gasteiger partial charge in [-0.1, -0.05) is 140 Å². The Bertz CT molecular complexity index is 2900. The molecule has 0 fully saturated rings. The van der Waals surface area contributed by atoms with Crippen molar-refractivity contribution >= 4 is 96.5 Å². The Hall–Kier alpha value is -5.96. The van der Waals surface area contributed by atoms with Crippen molar-refractivity contribution < 1.29 is 4.42 Å². The number of hydrogen-bond acceptors (Lipinski definition) is 2. The maximum atomic E-state index is 6.97. The number of hydrogen-bond donors (Lipinski definition) is 0. The van der Waals surface area contributed by atoms with E-state index in [0.29, 0.717) is 0 Å². The van der Waals surface area contributed by atoms with Crippen molar-refractivity contribution in [2.75, 3.05) is 0 Å². The van der Waals surface area contributed by atoms with Gasteiger partial charge in [-0.15, -0.1) is 11.3 Å². The van der Waals surface area contributed by atoms with Gasteiger partial charge >= 0.3 is 0 Å². The Kier molecular flexibility index (Phi) is 5.32. The summed E-state index contributed by atoms with van der Waals surface area (Å²) in [5.41, 5.74) is 6.87. The molecule has 0 unspecified atom stereocenters.